The molecule has 158 valence electrons. The molecule has 7 nitrogen and oxygen atoms in total. The van der Waals surface area contributed by atoms with Gasteiger partial charge in [0.05, 0.1) is 5.69 Å². The fourth-order valence-electron chi connectivity index (χ4n) is 3.50. The lowest BCUT2D eigenvalue weighted by Crippen LogP contribution is -2.36. The lowest BCUT2D eigenvalue weighted by molar-refractivity contribution is -0.104. The standard InChI is InChI=1S/C23H23ClN6O/c24-19-3-1-4-21(12-19)29-23-26-14-18(15-27-23)17-11-22(16-25-13-17)28-20-5-8-30(9-6-20)7-2-10-31/h1-4,7,10-16,20,28H,5-6,8-9H2,(H,26,27,29). The van der Waals surface area contributed by atoms with E-state index in [2.05, 4.69) is 36.6 Å². The first-order valence-corrected chi connectivity index (χ1v) is 10.5. The molecule has 4 rings (SSSR count). The molecule has 0 amide bonds. The third-order valence-electron chi connectivity index (χ3n) is 5.08. The van der Waals surface area contributed by atoms with Crippen LogP contribution in [-0.2, 0) is 4.79 Å². The third kappa shape index (κ3) is 5.79. The highest BCUT2D eigenvalue weighted by molar-refractivity contribution is 6.30. The second kappa shape index (κ2) is 10.0. The number of hydrogen-bond donors (Lipinski definition) is 2. The summed E-state index contributed by atoms with van der Waals surface area (Å²) in [6.07, 6.45) is 13.4. The molecule has 3 heterocycles. The SMILES string of the molecule is O=CC=CN1CCC(Nc2cncc(-c3cnc(Nc4cccc(Cl)c4)nc3)c2)CC1. The summed E-state index contributed by atoms with van der Waals surface area (Å²) in [7, 11) is 0. The van der Waals surface area contributed by atoms with Gasteiger partial charge in [-0.25, -0.2) is 9.97 Å². The van der Waals surface area contributed by atoms with Crippen molar-refractivity contribution in [2.24, 2.45) is 0 Å². The van der Waals surface area contributed by atoms with Gasteiger partial charge >= 0.3 is 0 Å². The molecule has 1 aliphatic rings. The average Bonchev–Trinajstić information content (AvgIpc) is 2.79. The van der Waals surface area contributed by atoms with E-state index in [0.29, 0.717) is 17.0 Å². The van der Waals surface area contributed by atoms with E-state index in [-0.39, 0.29) is 0 Å². The predicted molar refractivity (Wildman–Crippen MR) is 123 cm³/mol. The summed E-state index contributed by atoms with van der Waals surface area (Å²) in [5.41, 5.74) is 3.65. The Morgan fingerprint density at radius 1 is 1.00 bits per heavy atom. The largest absolute Gasteiger partial charge is 0.381 e. The van der Waals surface area contributed by atoms with Gasteiger partial charge in [-0.05, 0) is 43.2 Å². The number of hydrogen-bond acceptors (Lipinski definition) is 7. The molecule has 0 bridgehead atoms. The van der Waals surface area contributed by atoms with Crippen LogP contribution in [0.3, 0.4) is 0 Å². The van der Waals surface area contributed by atoms with Gasteiger partial charge in [0, 0.05) is 72.0 Å². The number of rotatable bonds is 7. The molecule has 1 fully saturated rings. The first-order valence-electron chi connectivity index (χ1n) is 10.1. The van der Waals surface area contributed by atoms with Crippen LogP contribution < -0.4 is 10.6 Å². The second-order valence-electron chi connectivity index (χ2n) is 7.33. The maximum Gasteiger partial charge on any atom is 0.227 e. The molecular formula is C23H23ClN6O. The molecule has 0 saturated carbocycles. The summed E-state index contributed by atoms with van der Waals surface area (Å²) < 4.78 is 0. The average molecular weight is 435 g/mol. The number of anilines is 3. The van der Waals surface area contributed by atoms with Crippen molar-refractivity contribution in [3.8, 4) is 11.1 Å². The number of aromatic nitrogens is 3. The smallest absolute Gasteiger partial charge is 0.227 e. The summed E-state index contributed by atoms with van der Waals surface area (Å²) in [5, 5.41) is 7.36. The number of nitrogens with one attached hydrogen (secondary N) is 2. The van der Waals surface area contributed by atoms with Crippen LogP contribution in [0.4, 0.5) is 17.3 Å². The Morgan fingerprint density at radius 3 is 2.55 bits per heavy atom. The molecule has 1 aliphatic heterocycles. The normalized spacial score (nSPS) is 14.5. The van der Waals surface area contributed by atoms with E-state index in [1.54, 1.807) is 24.7 Å². The number of halogens is 1. The van der Waals surface area contributed by atoms with Gasteiger partial charge < -0.3 is 15.5 Å². The molecule has 3 aromatic rings. The fourth-order valence-corrected chi connectivity index (χ4v) is 3.69. The van der Waals surface area contributed by atoms with E-state index in [0.717, 1.165) is 54.7 Å². The molecular weight excluding hydrogens is 412 g/mol. The van der Waals surface area contributed by atoms with Gasteiger partial charge in [-0.3, -0.25) is 9.78 Å². The van der Waals surface area contributed by atoms with Crippen molar-refractivity contribution in [1.82, 2.24) is 19.9 Å². The van der Waals surface area contributed by atoms with Gasteiger partial charge in [0.1, 0.15) is 6.29 Å². The monoisotopic (exact) mass is 434 g/mol. The van der Waals surface area contributed by atoms with E-state index in [4.69, 9.17) is 11.6 Å². The minimum absolute atomic E-state index is 0.374. The summed E-state index contributed by atoms with van der Waals surface area (Å²) in [6.45, 7) is 1.84. The molecule has 0 atom stereocenters. The summed E-state index contributed by atoms with van der Waals surface area (Å²) in [4.78, 5) is 25.8. The van der Waals surface area contributed by atoms with Crippen LogP contribution in [0.25, 0.3) is 11.1 Å². The van der Waals surface area contributed by atoms with Crippen LogP contribution >= 0.6 is 11.6 Å². The number of aldehydes is 1. The van der Waals surface area contributed by atoms with Crippen molar-refractivity contribution in [2.75, 3.05) is 23.7 Å². The lowest BCUT2D eigenvalue weighted by Gasteiger charge is -2.32. The Balaban J connectivity index is 1.38. The molecule has 0 aliphatic carbocycles. The van der Waals surface area contributed by atoms with Crippen LogP contribution in [-0.4, -0.2) is 45.3 Å². The number of benzene rings is 1. The zero-order chi connectivity index (χ0) is 21.5. The molecule has 1 saturated heterocycles. The number of likely N-dealkylation sites (tertiary alicyclic amines) is 1. The van der Waals surface area contributed by atoms with E-state index in [9.17, 15) is 4.79 Å². The Labute approximate surface area is 186 Å². The van der Waals surface area contributed by atoms with Gasteiger partial charge in [-0.2, -0.15) is 0 Å². The maximum absolute atomic E-state index is 10.5. The highest BCUT2D eigenvalue weighted by Gasteiger charge is 2.17. The van der Waals surface area contributed by atoms with Gasteiger partial charge in [0.15, 0.2) is 0 Å². The fraction of sp³-hybridized carbons (Fsp3) is 0.217. The van der Waals surface area contributed by atoms with Crippen molar-refractivity contribution in [2.45, 2.75) is 18.9 Å². The number of nitrogens with zero attached hydrogens (tertiary/aromatic N) is 4. The van der Waals surface area contributed by atoms with Gasteiger partial charge in [0.2, 0.25) is 5.95 Å². The van der Waals surface area contributed by atoms with Crippen LogP contribution in [0.2, 0.25) is 5.02 Å². The highest BCUT2D eigenvalue weighted by Crippen LogP contribution is 2.24. The molecule has 2 N–H and O–H groups in total. The van der Waals surface area contributed by atoms with E-state index in [1.807, 2.05) is 36.7 Å². The minimum Gasteiger partial charge on any atom is -0.381 e. The predicted octanol–water partition coefficient (Wildman–Crippen LogP) is 4.52. The highest BCUT2D eigenvalue weighted by atomic mass is 35.5. The van der Waals surface area contributed by atoms with Crippen molar-refractivity contribution in [3.63, 3.8) is 0 Å². The zero-order valence-corrected chi connectivity index (χ0v) is 17.7. The maximum atomic E-state index is 10.5. The van der Waals surface area contributed by atoms with Gasteiger partial charge in [-0.1, -0.05) is 17.7 Å². The Hall–Kier alpha value is -3.45. The van der Waals surface area contributed by atoms with E-state index < -0.39 is 0 Å². The summed E-state index contributed by atoms with van der Waals surface area (Å²) >= 11 is 6.02. The molecule has 8 heteroatoms. The van der Waals surface area contributed by atoms with Crippen molar-refractivity contribution >= 4 is 35.2 Å². The van der Waals surface area contributed by atoms with Crippen LogP contribution in [0.1, 0.15) is 12.8 Å². The van der Waals surface area contributed by atoms with Crippen LogP contribution in [0.5, 0.6) is 0 Å². The molecule has 31 heavy (non-hydrogen) atoms. The summed E-state index contributed by atoms with van der Waals surface area (Å²) in [6, 6.07) is 9.85. The first kappa shape index (κ1) is 20.8. The molecule has 2 aromatic heterocycles. The third-order valence-corrected chi connectivity index (χ3v) is 5.32. The van der Waals surface area contributed by atoms with Gasteiger partial charge in [-0.15, -0.1) is 0 Å². The van der Waals surface area contributed by atoms with Crippen LogP contribution in [0, 0.1) is 0 Å². The van der Waals surface area contributed by atoms with E-state index in [1.165, 1.54) is 0 Å². The lowest BCUT2D eigenvalue weighted by atomic mass is 10.0. The molecule has 0 spiro atoms. The summed E-state index contributed by atoms with van der Waals surface area (Å²) in [5.74, 6) is 0.503. The number of carbonyl (C=O) groups excluding carboxylic acids is 1. The van der Waals surface area contributed by atoms with Crippen molar-refractivity contribution in [1.29, 1.82) is 0 Å². The number of carbonyl (C=O) groups is 1. The zero-order valence-electron chi connectivity index (χ0n) is 16.9. The van der Waals surface area contributed by atoms with Crippen molar-refractivity contribution < 1.29 is 4.79 Å². The quantitative estimate of drug-likeness (QED) is 0.417. The number of piperidine rings is 1. The molecule has 0 radical (unpaired) electrons. The Morgan fingerprint density at radius 2 is 1.81 bits per heavy atom. The number of allylic oxidation sites excluding steroid dienone is 1. The number of pyridine rings is 1. The van der Waals surface area contributed by atoms with Crippen LogP contribution in [0.15, 0.2) is 67.4 Å². The molecule has 0 unspecified atom stereocenters. The van der Waals surface area contributed by atoms with Crippen molar-refractivity contribution in [3.05, 3.63) is 72.4 Å². The minimum atomic E-state index is 0.374. The van der Waals surface area contributed by atoms with E-state index >= 15 is 0 Å². The Bertz CT molecular complexity index is 1050. The second-order valence-corrected chi connectivity index (χ2v) is 7.76. The topological polar surface area (TPSA) is 83.0 Å². The Kier molecular flexibility index (Phi) is 6.74. The van der Waals surface area contributed by atoms with Gasteiger partial charge in [0.25, 0.3) is 0 Å². The molecule has 1 aromatic carbocycles. The first-order chi connectivity index (χ1) is 15.2.